The molecule has 0 atom stereocenters. The fourth-order valence-corrected chi connectivity index (χ4v) is 1.24. The number of anilines is 1. The van der Waals surface area contributed by atoms with E-state index in [9.17, 15) is 4.39 Å². The SMILES string of the molecule is COc1cc(NCCCCO)ccc1F. The van der Waals surface area contributed by atoms with Gasteiger partial charge in [0, 0.05) is 24.9 Å². The highest BCUT2D eigenvalue weighted by Crippen LogP contribution is 2.21. The van der Waals surface area contributed by atoms with Gasteiger partial charge in [-0.05, 0) is 25.0 Å². The zero-order chi connectivity index (χ0) is 11.1. The Labute approximate surface area is 88.9 Å². The molecule has 0 aliphatic carbocycles. The molecule has 0 amide bonds. The van der Waals surface area contributed by atoms with Crippen LogP contribution in [0.2, 0.25) is 0 Å². The fourth-order valence-electron chi connectivity index (χ4n) is 1.24. The van der Waals surface area contributed by atoms with Crippen molar-refractivity contribution in [3.8, 4) is 5.75 Å². The molecule has 0 saturated heterocycles. The van der Waals surface area contributed by atoms with E-state index in [1.54, 1.807) is 12.1 Å². The number of nitrogens with one attached hydrogen (secondary N) is 1. The number of hydrogen-bond donors (Lipinski definition) is 2. The van der Waals surface area contributed by atoms with Crippen molar-refractivity contribution in [3.63, 3.8) is 0 Å². The zero-order valence-corrected chi connectivity index (χ0v) is 8.79. The number of halogens is 1. The third-order valence-corrected chi connectivity index (χ3v) is 2.07. The average molecular weight is 213 g/mol. The number of unbranched alkanes of at least 4 members (excludes halogenated alkanes) is 1. The van der Waals surface area contributed by atoms with Gasteiger partial charge < -0.3 is 15.2 Å². The minimum absolute atomic E-state index is 0.203. The summed E-state index contributed by atoms with van der Waals surface area (Å²) >= 11 is 0. The summed E-state index contributed by atoms with van der Waals surface area (Å²) in [4.78, 5) is 0. The van der Waals surface area contributed by atoms with Gasteiger partial charge in [-0.15, -0.1) is 0 Å². The van der Waals surface area contributed by atoms with Crippen LogP contribution in [-0.4, -0.2) is 25.4 Å². The van der Waals surface area contributed by atoms with E-state index < -0.39 is 0 Å². The van der Waals surface area contributed by atoms with Crippen LogP contribution in [0, 0.1) is 5.82 Å². The van der Waals surface area contributed by atoms with Crippen LogP contribution in [0.4, 0.5) is 10.1 Å². The smallest absolute Gasteiger partial charge is 0.165 e. The average Bonchev–Trinajstić information content (AvgIpc) is 2.26. The Morgan fingerprint density at radius 2 is 2.20 bits per heavy atom. The van der Waals surface area contributed by atoms with E-state index in [-0.39, 0.29) is 18.2 Å². The highest BCUT2D eigenvalue weighted by atomic mass is 19.1. The molecule has 0 fully saturated rings. The molecule has 84 valence electrons. The van der Waals surface area contributed by atoms with Crippen molar-refractivity contribution in [2.45, 2.75) is 12.8 Å². The lowest BCUT2D eigenvalue weighted by atomic mass is 10.2. The van der Waals surface area contributed by atoms with Gasteiger partial charge in [0.1, 0.15) is 0 Å². The van der Waals surface area contributed by atoms with Gasteiger partial charge in [-0.1, -0.05) is 0 Å². The van der Waals surface area contributed by atoms with Crippen LogP contribution in [0.1, 0.15) is 12.8 Å². The van der Waals surface area contributed by atoms with E-state index in [4.69, 9.17) is 9.84 Å². The van der Waals surface area contributed by atoms with E-state index in [1.165, 1.54) is 13.2 Å². The van der Waals surface area contributed by atoms with Gasteiger partial charge in [0.05, 0.1) is 7.11 Å². The molecule has 1 aromatic carbocycles. The first-order chi connectivity index (χ1) is 7.27. The number of aliphatic hydroxyl groups excluding tert-OH is 1. The van der Waals surface area contributed by atoms with Crippen molar-refractivity contribution < 1.29 is 14.2 Å². The molecule has 0 aliphatic heterocycles. The molecule has 0 saturated carbocycles. The van der Waals surface area contributed by atoms with Gasteiger partial charge in [-0.2, -0.15) is 0 Å². The molecule has 0 radical (unpaired) electrons. The van der Waals surface area contributed by atoms with Crippen molar-refractivity contribution in [2.75, 3.05) is 25.6 Å². The van der Waals surface area contributed by atoms with Crippen molar-refractivity contribution in [3.05, 3.63) is 24.0 Å². The first-order valence-corrected chi connectivity index (χ1v) is 4.96. The fraction of sp³-hybridized carbons (Fsp3) is 0.455. The van der Waals surface area contributed by atoms with Gasteiger partial charge in [-0.25, -0.2) is 4.39 Å². The lowest BCUT2D eigenvalue weighted by Gasteiger charge is -2.08. The Kier molecular flexibility index (Phi) is 4.90. The second kappa shape index (κ2) is 6.24. The first-order valence-electron chi connectivity index (χ1n) is 4.96. The second-order valence-electron chi connectivity index (χ2n) is 3.21. The van der Waals surface area contributed by atoms with Crippen molar-refractivity contribution in [1.82, 2.24) is 0 Å². The highest BCUT2D eigenvalue weighted by molar-refractivity contribution is 5.48. The predicted octanol–water partition coefficient (Wildman–Crippen LogP) is 2.02. The molecule has 1 aromatic rings. The minimum Gasteiger partial charge on any atom is -0.494 e. The molecule has 0 bridgehead atoms. The summed E-state index contributed by atoms with van der Waals surface area (Å²) in [5.41, 5.74) is 0.825. The minimum atomic E-state index is -0.363. The third-order valence-electron chi connectivity index (χ3n) is 2.07. The molecular formula is C11H16FNO2. The summed E-state index contributed by atoms with van der Waals surface area (Å²) in [7, 11) is 1.44. The molecule has 0 spiro atoms. The maximum absolute atomic E-state index is 13.0. The lowest BCUT2D eigenvalue weighted by Crippen LogP contribution is -2.02. The molecule has 0 heterocycles. The highest BCUT2D eigenvalue weighted by Gasteiger charge is 2.02. The van der Waals surface area contributed by atoms with Gasteiger partial charge >= 0.3 is 0 Å². The van der Waals surface area contributed by atoms with Crippen molar-refractivity contribution >= 4 is 5.69 Å². The Morgan fingerprint density at radius 1 is 1.40 bits per heavy atom. The number of methoxy groups -OCH3 is 1. The Morgan fingerprint density at radius 3 is 2.87 bits per heavy atom. The van der Waals surface area contributed by atoms with E-state index in [2.05, 4.69) is 5.32 Å². The largest absolute Gasteiger partial charge is 0.494 e. The number of aliphatic hydroxyl groups is 1. The van der Waals surface area contributed by atoms with E-state index in [0.29, 0.717) is 0 Å². The molecule has 0 aromatic heterocycles. The van der Waals surface area contributed by atoms with Crippen molar-refractivity contribution in [1.29, 1.82) is 0 Å². The zero-order valence-electron chi connectivity index (χ0n) is 8.79. The van der Waals surface area contributed by atoms with Crippen molar-refractivity contribution in [2.24, 2.45) is 0 Å². The summed E-state index contributed by atoms with van der Waals surface area (Å²) in [6, 6.07) is 4.65. The van der Waals surface area contributed by atoms with E-state index in [0.717, 1.165) is 25.1 Å². The second-order valence-corrected chi connectivity index (χ2v) is 3.21. The molecule has 1 rings (SSSR count). The van der Waals surface area contributed by atoms with E-state index in [1.807, 2.05) is 0 Å². The number of hydrogen-bond acceptors (Lipinski definition) is 3. The maximum atomic E-state index is 13.0. The van der Waals surface area contributed by atoms with Crippen LogP contribution < -0.4 is 10.1 Å². The van der Waals surface area contributed by atoms with Crippen LogP contribution in [0.25, 0.3) is 0 Å². The van der Waals surface area contributed by atoms with Crippen LogP contribution in [0.3, 0.4) is 0 Å². The normalized spacial score (nSPS) is 10.1. The summed E-state index contributed by atoms with van der Waals surface area (Å²) in [5.74, 6) is -0.124. The molecule has 0 unspecified atom stereocenters. The summed E-state index contributed by atoms with van der Waals surface area (Å²) < 4.78 is 17.9. The van der Waals surface area contributed by atoms with Gasteiger partial charge in [0.25, 0.3) is 0 Å². The van der Waals surface area contributed by atoms with Gasteiger partial charge in [0.2, 0.25) is 0 Å². The number of benzene rings is 1. The monoisotopic (exact) mass is 213 g/mol. The van der Waals surface area contributed by atoms with Crippen LogP contribution >= 0.6 is 0 Å². The summed E-state index contributed by atoms with van der Waals surface area (Å²) in [6.45, 7) is 0.962. The predicted molar refractivity (Wildman–Crippen MR) is 57.8 cm³/mol. The van der Waals surface area contributed by atoms with Crippen LogP contribution in [-0.2, 0) is 0 Å². The van der Waals surface area contributed by atoms with E-state index >= 15 is 0 Å². The third kappa shape index (κ3) is 3.75. The topological polar surface area (TPSA) is 41.5 Å². The van der Waals surface area contributed by atoms with Gasteiger partial charge in [0.15, 0.2) is 11.6 Å². The Bertz CT molecular complexity index is 305. The maximum Gasteiger partial charge on any atom is 0.165 e. The number of rotatable bonds is 6. The molecule has 3 nitrogen and oxygen atoms in total. The Balaban J connectivity index is 2.47. The first kappa shape index (κ1) is 11.8. The van der Waals surface area contributed by atoms with Crippen LogP contribution in [0.15, 0.2) is 18.2 Å². The summed E-state index contributed by atoms with van der Waals surface area (Å²) in [6.07, 6.45) is 1.65. The molecule has 2 N–H and O–H groups in total. The van der Waals surface area contributed by atoms with Gasteiger partial charge in [-0.3, -0.25) is 0 Å². The lowest BCUT2D eigenvalue weighted by molar-refractivity contribution is 0.286. The number of ether oxygens (including phenoxy) is 1. The quantitative estimate of drug-likeness (QED) is 0.710. The summed E-state index contributed by atoms with van der Waals surface area (Å²) in [5, 5.41) is 11.7. The molecule has 15 heavy (non-hydrogen) atoms. The van der Waals surface area contributed by atoms with Crippen LogP contribution in [0.5, 0.6) is 5.75 Å². The molecule has 0 aliphatic rings. The molecule has 4 heteroatoms. The Hall–Kier alpha value is -1.29. The standard InChI is InChI=1S/C11H16FNO2/c1-15-11-8-9(4-5-10(11)12)13-6-2-3-7-14/h4-5,8,13-14H,2-3,6-7H2,1H3. The molecular weight excluding hydrogens is 197 g/mol.